The summed E-state index contributed by atoms with van der Waals surface area (Å²) in [5.74, 6) is 1.59. The highest BCUT2D eigenvalue weighted by molar-refractivity contribution is 5.52. The summed E-state index contributed by atoms with van der Waals surface area (Å²) in [6.07, 6.45) is 1.07. The highest BCUT2D eigenvalue weighted by Crippen LogP contribution is 2.23. The summed E-state index contributed by atoms with van der Waals surface area (Å²) >= 11 is 0. The van der Waals surface area contributed by atoms with Gasteiger partial charge in [-0.25, -0.2) is 4.98 Å². The molecule has 0 saturated carbocycles. The van der Waals surface area contributed by atoms with Crippen LogP contribution in [0.1, 0.15) is 5.56 Å². The van der Waals surface area contributed by atoms with Crippen molar-refractivity contribution in [1.29, 1.82) is 0 Å². The lowest BCUT2D eigenvalue weighted by atomic mass is 10.2. The van der Waals surface area contributed by atoms with Gasteiger partial charge in [-0.3, -0.25) is 0 Å². The third kappa shape index (κ3) is 2.55. The highest BCUT2D eigenvalue weighted by Gasteiger charge is 2.31. The predicted octanol–water partition coefficient (Wildman–Crippen LogP) is 1.54. The largest absolute Gasteiger partial charge is 0.573 e. The number of pyridine rings is 1. The second kappa shape index (κ2) is 3.46. The third-order valence-electron chi connectivity index (χ3n) is 1.28. The number of anilines is 1. The average molecular weight is 202 g/mol. The number of halogens is 3. The fraction of sp³-hybridized carbons (Fsp3) is 0.125. The van der Waals surface area contributed by atoms with Crippen LogP contribution in [-0.2, 0) is 0 Å². The molecule has 1 heterocycles. The summed E-state index contributed by atoms with van der Waals surface area (Å²) in [4.78, 5) is 3.44. The Morgan fingerprint density at radius 2 is 2.14 bits per heavy atom. The van der Waals surface area contributed by atoms with Crippen LogP contribution in [-0.4, -0.2) is 11.3 Å². The molecular weight excluding hydrogens is 197 g/mol. The number of nitrogens with zero attached hydrogens (tertiary/aromatic N) is 1. The minimum Gasteiger partial charge on any atom is -0.404 e. The molecule has 0 fully saturated rings. The van der Waals surface area contributed by atoms with E-state index in [4.69, 9.17) is 12.2 Å². The van der Waals surface area contributed by atoms with Crippen LogP contribution in [0.15, 0.2) is 12.3 Å². The van der Waals surface area contributed by atoms with Gasteiger partial charge in [-0.2, -0.15) is 0 Å². The molecule has 1 aromatic heterocycles. The minimum absolute atomic E-state index is 0.0120. The van der Waals surface area contributed by atoms with Gasteiger partial charge in [0.25, 0.3) is 0 Å². The van der Waals surface area contributed by atoms with Crippen LogP contribution < -0.4 is 10.5 Å². The van der Waals surface area contributed by atoms with E-state index < -0.39 is 12.1 Å². The van der Waals surface area contributed by atoms with Gasteiger partial charge in [0.15, 0.2) is 0 Å². The third-order valence-corrected chi connectivity index (χ3v) is 1.28. The Morgan fingerprint density at radius 1 is 1.50 bits per heavy atom. The first-order chi connectivity index (χ1) is 6.42. The van der Waals surface area contributed by atoms with Crippen molar-refractivity contribution in [3.63, 3.8) is 0 Å². The van der Waals surface area contributed by atoms with Crippen molar-refractivity contribution in [1.82, 2.24) is 4.98 Å². The predicted molar refractivity (Wildman–Crippen MR) is 43.3 cm³/mol. The van der Waals surface area contributed by atoms with Crippen LogP contribution in [0.3, 0.4) is 0 Å². The molecule has 0 radical (unpaired) electrons. The zero-order valence-electron chi connectivity index (χ0n) is 6.80. The Balaban J connectivity index is 2.97. The summed E-state index contributed by atoms with van der Waals surface area (Å²) in [5.41, 5.74) is 5.34. The first kappa shape index (κ1) is 10.2. The van der Waals surface area contributed by atoms with Gasteiger partial charge in [0.2, 0.25) is 0 Å². The Labute approximate surface area is 77.7 Å². The average Bonchev–Trinajstić information content (AvgIpc) is 2.06. The molecule has 6 heteroatoms. The number of nitrogen functional groups attached to an aromatic ring is 1. The monoisotopic (exact) mass is 202 g/mol. The zero-order chi connectivity index (χ0) is 10.8. The van der Waals surface area contributed by atoms with Gasteiger partial charge < -0.3 is 10.5 Å². The number of alkyl halides is 3. The first-order valence-corrected chi connectivity index (χ1v) is 3.40. The summed E-state index contributed by atoms with van der Waals surface area (Å²) in [6, 6.07) is 0.996. The standard InChI is InChI=1S/C8H5F3N2O/c1-2-5-3-6(4-13-7(5)12)14-8(9,10)11/h1,3-4H,(H2,12,13). The number of hydrogen-bond donors (Lipinski definition) is 1. The number of nitrogens with two attached hydrogens (primary N) is 1. The molecule has 1 rings (SSSR count). The summed E-state index contributed by atoms with van der Waals surface area (Å²) in [7, 11) is 0. The first-order valence-electron chi connectivity index (χ1n) is 3.40. The topological polar surface area (TPSA) is 48.1 Å². The van der Waals surface area contributed by atoms with Crippen LogP contribution in [0.4, 0.5) is 19.0 Å². The molecule has 2 N–H and O–H groups in total. The molecule has 0 spiro atoms. The van der Waals surface area contributed by atoms with Crippen molar-refractivity contribution < 1.29 is 17.9 Å². The van der Waals surface area contributed by atoms with Gasteiger partial charge in [0, 0.05) is 6.07 Å². The van der Waals surface area contributed by atoms with Gasteiger partial charge in [-0.05, 0) is 0 Å². The molecule has 3 nitrogen and oxygen atoms in total. The van der Waals surface area contributed by atoms with E-state index in [1.165, 1.54) is 0 Å². The summed E-state index contributed by atoms with van der Waals surface area (Å²) in [5, 5.41) is 0. The Bertz CT molecular complexity index is 381. The molecule has 0 unspecified atom stereocenters. The summed E-state index contributed by atoms with van der Waals surface area (Å²) < 4.78 is 38.8. The SMILES string of the molecule is C#Cc1cc(OC(F)(F)F)cnc1N. The second-order valence-electron chi connectivity index (χ2n) is 2.30. The molecule has 14 heavy (non-hydrogen) atoms. The van der Waals surface area contributed by atoms with Crippen LogP contribution >= 0.6 is 0 Å². The lowest BCUT2D eigenvalue weighted by Gasteiger charge is -2.08. The van der Waals surface area contributed by atoms with E-state index in [9.17, 15) is 13.2 Å². The van der Waals surface area contributed by atoms with E-state index in [0.717, 1.165) is 12.3 Å². The summed E-state index contributed by atoms with van der Waals surface area (Å²) in [6.45, 7) is 0. The maximum atomic E-state index is 11.7. The van der Waals surface area contributed by atoms with E-state index in [0.29, 0.717) is 0 Å². The molecule has 1 aromatic rings. The van der Waals surface area contributed by atoms with Crippen molar-refractivity contribution >= 4 is 5.82 Å². The Kier molecular flexibility index (Phi) is 2.51. The fourth-order valence-electron chi connectivity index (χ4n) is 0.761. The molecule has 0 amide bonds. The van der Waals surface area contributed by atoms with Crippen molar-refractivity contribution in [3.8, 4) is 18.1 Å². The molecule has 0 saturated heterocycles. The van der Waals surface area contributed by atoms with Gasteiger partial charge >= 0.3 is 6.36 Å². The molecule has 0 aliphatic rings. The molecule has 0 aliphatic carbocycles. The minimum atomic E-state index is -4.76. The molecular formula is C8H5F3N2O. The zero-order valence-corrected chi connectivity index (χ0v) is 6.80. The van der Waals surface area contributed by atoms with Crippen LogP contribution in [0, 0.1) is 12.3 Å². The maximum absolute atomic E-state index is 11.7. The highest BCUT2D eigenvalue weighted by atomic mass is 19.4. The van der Waals surface area contributed by atoms with Crippen molar-refractivity contribution in [2.45, 2.75) is 6.36 Å². The normalized spacial score (nSPS) is 10.7. The quantitative estimate of drug-likeness (QED) is 0.702. The van der Waals surface area contributed by atoms with E-state index in [2.05, 4.69) is 15.6 Å². The second-order valence-corrected chi connectivity index (χ2v) is 2.30. The van der Waals surface area contributed by atoms with Crippen molar-refractivity contribution in [2.75, 3.05) is 5.73 Å². The number of hydrogen-bond acceptors (Lipinski definition) is 3. The maximum Gasteiger partial charge on any atom is 0.573 e. The number of ether oxygens (including phenoxy) is 1. The van der Waals surface area contributed by atoms with Crippen LogP contribution in [0.25, 0.3) is 0 Å². The molecule has 74 valence electrons. The van der Waals surface area contributed by atoms with E-state index in [1.807, 2.05) is 0 Å². The lowest BCUT2D eigenvalue weighted by Crippen LogP contribution is -2.17. The smallest absolute Gasteiger partial charge is 0.404 e. The lowest BCUT2D eigenvalue weighted by molar-refractivity contribution is -0.274. The van der Waals surface area contributed by atoms with E-state index in [-0.39, 0.29) is 11.4 Å². The number of terminal acetylenes is 1. The molecule has 0 aliphatic heterocycles. The number of rotatable bonds is 1. The fourth-order valence-corrected chi connectivity index (χ4v) is 0.761. The molecule has 0 bridgehead atoms. The number of aromatic nitrogens is 1. The van der Waals surface area contributed by atoms with Gasteiger partial charge in [0.05, 0.1) is 11.8 Å². The molecule has 0 aromatic carbocycles. The Morgan fingerprint density at radius 3 is 2.64 bits per heavy atom. The van der Waals surface area contributed by atoms with E-state index in [1.54, 1.807) is 0 Å². The van der Waals surface area contributed by atoms with Gasteiger partial charge in [0.1, 0.15) is 11.6 Å². The van der Waals surface area contributed by atoms with Gasteiger partial charge in [-0.15, -0.1) is 19.6 Å². The van der Waals surface area contributed by atoms with Crippen molar-refractivity contribution in [2.24, 2.45) is 0 Å². The van der Waals surface area contributed by atoms with Crippen LogP contribution in [0.2, 0.25) is 0 Å². The van der Waals surface area contributed by atoms with Gasteiger partial charge in [-0.1, -0.05) is 5.92 Å². The Hall–Kier alpha value is -1.90. The molecule has 0 atom stereocenters. The van der Waals surface area contributed by atoms with E-state index >= 15 is 0 Å². The van der Waals surface area contributed by atoms with Crippen LogP contribution in [0.5, 0.6) is 5.75 Å². The van der Waals surface area contributed by atoms with Crippen molar-refractivity contribution in [3.05, 3.63) is 17.8 Å².